The maximum atomic E-state index is 13.8. The van der Waals surface area contributed by atoms with Crippen LogP contribution in [0.5, 0.6) is 11.5 Å². The largest absolute Gasteiger partial charge is 0.486 e. The molecule has 0 spiro atoms. The predicted molar refractivity (Wildman–Crippen MR) is 120 cm³/mol. The smallest absolute Gasteiger partial charge is 0.241 e. The Morgan fingerprint density at radius 2 is 1.88 bits per heavy atom. The van der Waals surface area contributed by atoms with Crippen LogP contribution in [-0.4, -0.2) is 39.5 Å². The minimum absolute atomic E-state index is 0.112. The third-order valence-electron chi connectivity index (χ3n) is 5.86. The van der Waals surface area contributed by atoms with Crippen LogP contribution in [0.15, 0.2) is 41.3 Å². The molecule has 34 heavy (non-hydrogen) atoms. The topological polar surface area (TPSA) is 137 Å². The van der Waals surface area contributed by atoms with E-state index in [1.165, 1.54) is 30.3 Å². The Balaban J connectivity index is 1.54. The number of carbonyl (C=O) groups is 2. The minimum atomic E-state index is -4.15. The first kappa shape index (κ1) is 24.0. The van der Waals surface area contributed by atoms with Gasteiger partial charge in [0.1, 0.15) is 25.1 Å². The van der Waals surface area contributed by atoms with Gasteiger partial charge in [0.25, 0.3) is 0 Å². The van der Waals surface area contributed by atoms with Gasteiger partial charge >= 0.3 is 0 Å². The van der Waals surface area contributed by atoms with Gasteiger partial charge in [0.15, 0.2) is 11.5 Å². The standard InChI is InChI=1S/C23H26FN3O6S/c24-15-5-4-14-2-1-3-18(17(14)12-15)26-23(29)19(7-9-22(25)28)27-34(30,31)16-6-8-20-21(13-16)33-11-10-32-20/h4-6,8,12-13,18-19,27H,1-3,7,9-11H2,(H2,25,28)(H,26,29)/t18-,19?/m1/s1. The van der Waals surface area contributed by atoms with E-state index in [1.807, 2.05) is 0 Å². The molecule has 2 atom stereocenters. The van der Waals surface area contributed by atoms with Crippen LogP contribution >= 0.6 is 0 Å². The molecule has 1 aliphatic carbocycles. The van der Waals surface area contributed by atoms with Crippen molar-refractivity contribution in [2.75, 3.05) is 13.2 Å². The van der Waals surface area contributed by atoms with E-state index in [-0.39, 0.29) is 30.1 Å². The summed E-state index contributed by atoms with van der Waals surface area (Å²) in [5, 5.41) is 2.82. The third kappa shape index (κ3) is 5.48. The number of hydrogen-bond acceptors (Lipinski definition) is 6. The maximum absolute atomic E-state index is 13.8. The second-order valence-electron chi connectivity index (χ2n) is 8.28. The van der Waals surface area contributed by atoms with Crippen molar-refractivity contribution < 1.29 is 31.9 Å². The summed E-state index contributed by atoms with van der Waals surface area (Å²) < 4.78 is 53.2. The quantitative estimate of drug-likeness (QED) is 0.514. The van der Waals surface area contributed by atoms with Crippen LogP contribution in [0.1, 0.15) is 42.9 Å². The van der Waals surface area contributed by atoms with Crippen molar-refractivity contribution >= 4 is 21.8 Å². The van der Waals surface area contributed by atoms with Crippen LogP contribution in [0.25, 0.3) is 0 Å². The van der Waals surface area contributed by atoms with Crippen LogP contribution in [0.2, 0.25) is 0 Å². The fraction of sp³-hybridized carbons (Fsp3) is 0.391. The summed E-state index contributed by atoms with van der Waals surface area (Å²) in [4.78, 5) is 24.4. The summed E-state index contributed by atoms with van der Waals surface area (Å²) in [6.07, 6.45) is 1.81. The maximum Gasteiger partial charge on any atom is 0.241 e. The van der Waals surface area contributed by atoms with Crippen LogP contribution in [0, 0.1) is 5.82 Å². The molecule has 4 rings (SSSR count). The molecular weight excluding hydrogens is 465 g/mol. The summed E-state index contributed by atoms with van der Waals surface area (Å²) in [6.45, 7) is 0.651. The number of ether oxygens (including phenoxy) is 2. The highest BCUT2D eigenvalue weighted by atomic mass is 32.2. The number of aryl methyl sites for hydroxylation is 1. The number of fused-ring (bicyclic) bond motifs is 2. The number of primary amides is 1. The summed E-state index contributed by atoms with van der Waals surface area (Å²) in [5.74, 6) is -0.986. The van der Waals surface area contributed by atoms with Crippen molar-refractivity contribution in [2.45, 2.75) is 49.1 Å². The highest BCUT2D eigenvalue weighted by molar-refractivity contribution is 7.89. The molecule has 2 aliphatic rings. The number of rotatable bonds is 8. The molecule has 2 amide bonds. The Labute approximate surface area is 196 Å². The molecule has 0 saturated heterocycles. The van der Waals surface area contributed by atoms with Crippen molar-refractivity contribution in [1.29, 1.82) is 0 Å². The zero-order valence-electron chi connectivity index (χ0n) is 18.4. The van der Waals surface area contributed by atoms with E-state index in [9.17, 15) is 22.4 Å². The number of nitrogens with one attached hydrogen (secondary N) is 2. The van der Waals surface area contributed by atoms with Gasteiger partial charge in [-0.3, -0.25) is 9.59 Å². The Hall–Kier alpha value is -3.18. The molecule has 4 N–H and O–H groups in total. The number of amides is 2. The average molecular weight is 492 g/mol. The predicted octanol–water partition coefficient (Wildman–Crippen LogP) is 1.70. The fourth-order valence-corrected chi connectivity index (χ4v) is 5.41. The SMILES string of the molecule is NC(=O)CCC(NS(=O)(=O)c1ccc2c(c1)OCCO2)C(=O)N[C@@H]1CCCc2ccc(F)cc21. The molecule has 2 aromatic rings. The van der Waals surface area contributed by atoms with E-state index in [0.717, 1.165) is 18.4 Å². The zero-order chi connectivity index (χ0) is 24.3. The average Bonchev–Trinajstić information content (AvgIpc) is 2.81. The van der Waals surface area contributed by atoms with Gasteiger partial charge in [-0.05, 0) is 61.1 Å². The number of benzene rings is 2. The van der Waals surface area contributed by atoms with Crippen molar-refractivity contribution in [3.8, 4) is 11.5 Å². The van der Waals surface area contributed by atoms with E-state index in [2.05, 4.69) is 10.0 Å². The van der Waals surface area contributed by atoms with Crippen LogP contribution in [0.4, 0.5) is 4.39 Å². The Morgan fingerprint density at radius 3 is 2.65 bits per heavy atom. The van der Waals surface area contributed by atoms with Crippen LogP contribution in [-0.2, 0) is 26.0 Å². The molecule has 0 saturated carbocycles. The monoisotopic (exact) mass is 491 g/mol. The van der Waals surface area contributed by atoms with Crippen molar-refractivity contribution in [2.24, 2.45) is 5.73 Å². The molecule has 182 valence electrons. The normalized spacial score (nSPS) is 18.0. The number of sulfonamides is 1. The lowest BCUT2D eigenvalue weighted by molar-refractivity contribution is -0.124. The Morgan fingerprint density at radius 1 is 1.12 bits per heavy atom. The zero-order valence-corrected chi connectivity index (χ0v) is 19.2. The Kier molecular flexibility index (Phi) is 7.03. The van der Waals surface area contributed by atoms with Gasteiger partial charge < -0.3 is 20.5 Å². The second kappa shape index (κ2) is 9.98. The molecule has 1 heterocycles. The number of halogens is 1. The van der Waals surface area contributed by atoms with Crippen LogP contribution < -0.4 is 25.2 Å². The van der Waals surface area contributed by atoms with E-state index >= 15 is 0 Å². The lowest BCUT2D eigenvalue weighted by atomic mass is 9.87. The first-order valence-corrected chi connectivity index (χ1v) is 12.5. The van der Waals surface area contributed by atoms with Gasteiger partial charge in [-0.1, -0.05) is 6.07 Å². The molecule has 1 unspecified atom stereocenters. The fourth-order valence-electron chi connectivity index (χ4n) is 4.17. The van der Waals surface area contributed by atoms with Crippen molar-refractivity contribution in [3.05, 3.63) is 53.3 Å². The van der Waals surface area contributed by atoms with Gasteiger partial charge in [0, 0.05) is 12.5 Å². The van der Waals surface area contributed by atoms with E-state index in [4.69, 9.17) is 15.2 Å². The van der Waals surface area contributed by atoms with E-state index in [1.54, 1.807) is 6.07 Å². The molecule has 0 radical (unpaired) electrons. The molecular formula is C23H26FN3O6S. The second-order valence-corrected chi connectivity index (χ2v) is 9.99. The van der Waals surface area contributed by atoms with Crippen molar-refractivity contribution in [3.63, 3.8) is 0 Å². The molecule has 1 aliphatic heterocycles. The first-order valence-electron chi connectivity index (χ1n) is 11.0. The molecule has 0 bridgehead atoms. The third-order valence-corrected chi connectivity index (χ3v) is 7.33. The van der Waals surface area contributed by atoms with Gasteiger partial charge in [0.2, 0.25) is 21.8 Å². The highest BCUT2D eigenvalue weighted by Crippen LogP contribution is 2.33. The van der Waals surface area contributed by atoms with Crippen molar-refractivity contribution in [1.82, 2.24) is 10.0 Å². The summed E-state index contributed by atoms with van der Waals surface area (Å²) in [7, 11) is -4.15. The molecule has 9 nitrogen and oxygen atoms in total. The molecule has 11 heteroatoms. The molecule has 2 aromatic carbocycles. The molecule has 0 fully saturated rings. The van der Waals surface area contributed by atoms with Gasteiger partial charge in [0.05, 0.1) is 10.9 Å². The van der Waals surface area contributed by atoms with E-state index < -0.39 is 39.7 Å². The number of hydrogen-bond donors (Lipinski definition) is 3. The number of carbonyl (C=O) groups excluding carboxylic acids is 2. The lowest BCUT2D eigenvalue weighted by Crippen LogP contribution is -2.48. The van der Waals surface area contributed by atoms with E-state index in [0.29, 0.717) is 24.3 Å². The summed E-state index contributed by atoms with van der Waals surface area (Å²) in [5.41, 5.74) is 6.84. The summed E-state index contributed by atoms with van der Waals surface area (Å²) in [6, 6.07) is 6.87. The van der Waals surface area contributed by atoms with Crippen LogP contribution in [0.3, 0.4) is 0 Å². The Bertz CT molecular complexity index is 1200. The highest BCUT2D eigenvalue weighted by Gasteiger charge is 2.30. The summed E-state index contributed by atoms with van der Waals surface area (Å²) >= 11 is 0. The lowest BCUT2D eigenvalue weighted by Gasteiger charge is -2.28. The molecule has 0 aromatic heterocycles. The number of nitrogens with two attached hydrogens (primary N) is 1. The van der Waals surface area contributed by atoms with Gasteiger partial charge in [-0.15, -0.1) is 0 Å². The van der Waals surface area contributed by atoms with Gasteiger partial charge in [-0.2, -0.15) is 4.72 Å². The minimum Gasteiger partial charge on any atom is -0.486 e. The van der Waals surface area contributed by atoms with Gasteiger partial charge in [-0.25, -0.2) is 12.8 Å². The first-order chi connectivity index (χ1) is 16.2.